The van der Waals surface area contributed by atoms with Gasteiger partial charge in [-0.1, -0.05) is 6.42 Å². The van der Waals surface area contributed by atoms with E-state index in [9.17, 15) is 4.79 Å². The van der Waals surface area contributed by atoms with E-state index in [0.717, 1.165) is 25.9 Å². The zero-order valence-corrected chi connectivity index (χ0v) is 11.1. The molecule has 1 fully saturated rings. The van der Waals surface area contributed by atoms with Crippen molar-refractivity contribution in [1.29, 1.82) is 0 Å². The topological polar surface area (TPSA) is 32.3 Å². The van der Waals surface area contributed by atoms with Crippen LogP contribution in [0.1, 0.15) is 33.6 Å². The Hall–Kier alpha value is 0.140. The second-order valence-electron chi connectivity index (χ2n) is 4.56. The molecule has 0 unspecified atom stereocenters. The molecule has 1 saturated heterocycles. The predicted octanol–water partition coefficient (Wildman–Crippen LogP) is 1.79. The van der Waals surface area contributed by atoms with E-state index in [1.165, 1.54) is 0 Å². The molecule has 0 aromatic heterocycles. The minimum Gasteiger partial charge on any atom is -0.355 e. The van der Waals surface area contributed by atoms with Crippen LogP contribution in [0.2, 0.25) is 0 Å². The Morgan fingerprint density at radius 1 is 1.43 bits per heavy atom. The van der Waals surface area contributed by atoms with Crippen molar-refractivity contribution in [1.82, 2.24) is 10.2 Å². The Bertz CT molecular complexity index is 183. The van der Waals surface area contributed by atoms with Gasteiger partial charge in [-0.15, -0.1) is 6.54 Å². The Morgan fingerprint density at radius 3 is 2.50 bits per heavy atom. The van der Waals surface area contributed by atoms with E-state index in [2.05, 4.69) is 11.7 Å². The summed E-state index contributed by atoms with van der Waals surface area (Å²) in [5.74, 6) is 0. The van der Waals surface area contributed by atoms with E-state index in [0.29, 0.717) is 0 Å². The van der Waals surface area contributed by atoms with Crippen molar-refractivity contribution in [2.45, 2.75) is 39.2 Å². The third-order valence-electron chi connectivity index (χ3n) is 1.95. The monoisotopic (exact) mass is 228 g/mol. The first kappa shape index (κ1) is 14.1. The second kappa shape index (κ2) is 5.89. The zero-order valence-electron chi connectivity index (χ0n) is 9.34. The normalized spacial score (nSPS) is 17.2. The maximum Gasteiger partial charge on any atom is 0.315 e. The van der Waals surface area contributed by atoms with E-state index in [1.54, 1.807) is 0 Å². The zero-order chi connectivity index (χ0) is 9.90. The number of piperidine rings is 1. The van der Waals surface area contributed by atoms with Crippen LogP contribution in [0.4, 0.5) is 4.79 Å². The standard InChI is InChI=1S/C10H19N2O.Sc/c1-10(2,3)11-9(13)12-7-5-4-6-8-12;/h5H,4,6-8H2,1-3H3,(H,11,13);/q-1;. The molecule has 1 heterocycles. The molecule has 0 bridgehead atoms. The molecule has 0 aliphatic carbocycles. The summed E-state index contributed by atoms with van der Waals surface area (Å²) < 4.78 is 0. The average Bonchev–Trinajstić information content (AvgIpc) is 2.03. The van der Waals surface area contributed by atoms with Gasteiger partial charge in [0.15, 0.2) is 0 Å². The largest absolute Gasteiger partial charge is 0.355 e. The van der Waals surface area contributed by atoms with Crippen molar-refractivity contribution in [2.75, 3.05) is 13.1 Å². The van der Waals surface area contributed by atoms with Gasteiger partial charge in [0.2, 0.25) is 0 Å². The second-order valence-corrected chi connectivity index (χ2v) is 4.56. The fourth-order valence-electron chi connectivity index (χ4n) is 1.35. The molecule has 1 N–H and O–H groups in total. The molecular weight excluding hydrogens is 209 g/mol. The molecule has 0 saturated carbocycles. The summed E-state index contributed by atoms with van der Waals surface area (Å²) in [6.45, 7) is 7.68. The summed E-state index contributed by atoms with van der Waals surface area (Å²) in [5, 5.41) is 2.96. The number of carbonyl (C=O) groups is 1. The molecule has 1 rings (SSSR count). The summed E-state index contributed by atoms with van der Waals surface area (Å²) in [6, 6.07) is 0.0588. The maximum atomic E-state index is 11.6. The van der Waals surface area contributed by atoms with Crippen molar-refractivity contribution >= 4 is 6.03 Å². The molecule has 1 aliphatic heterocycles. The van der Waals surface area contributed by atoms with Crippen LogP contribution in [-0.2, 0) is 25.8 Å². The van der Waals surface area contributed by atoms with E-state index in [1.807, 2.05) is 25.7 Å². The van der Waals surface area contributed by atoms with Gasteiger partial charge in [0.25, 0.3) is 0 Å². The van der Waals surface area contributed by atoms with Crippen LogP contribution in [0.25, 0.3) is 0 Å². The van der Waals surface area contributed by atoms with Crippen molar-refractivity contribution in [3.63, 3.8) is 0 Å². The van der Waals surface area contributed by atoms with Crippen LogP contribution >= 0.6 is 0 Å². The molecule has 0 spiro atoms. The van der Waals surface area contributed by atoms with Crippen molar-refractivity contribution in [3.8, 4) is 0 Å². The van der Waals surface area contributed by atoms with Gasteiger partial charge >= 0.3 is 6.03 Å². The molecule has 3 nitrogen and oxygen atoms in total. The van der Waals surface area contributed by atoms with Gasteiger partial charge in [0.05, 0.1) is 0 Å². The van der Waals surface area contributed by atoms with Gasteiger partial charge < -0.3 is 16.6 Å². The maximum absolute atomic E-state index is 11.6. The van der Waals surface area contributed by atoms with Crippen LogP contribution in [0.3, 0.4) is 0 Å². The fraction of sp³-hybridized carbons (Fsp3) is 0.800. The van der Waals surface area contributed by atoms with E-state index in [4.69, 9.17) is 0 Å². The number of carbonyl (C=O) groups excluding carboxylic acids is 1. The van der Waals surface area contributed by atoms with Gasteiger partial charge in [-0.3, -0.25) is 0 Å². The van der Waals surface area contributed by atoms with E-state index < -0.39 is 0 Å². The molecule has 0 atom stereocenters. The third-order valence-corrected chi connectivity index (χ3v) is 1.95. The van der Waals surface area contributed by atoms with Gasteiger partial charge in [-0.05, 0) is 20.8 Å². The van der Waals surface area contributed by atoms with Crippen LogP contribution in [0.5, 0.6) is 0 Å². The Balaban J connectivity index is 0.00000169. The molecule has 1 radical (unpaired) electrons. The summed E-state index contributed by atoms with van der Waals surface area (Å²) in [7, 11) is 0. The number of rotatable bonds is 0. The van der Waals surface area contributed by atoms with Crippen molar-refractivity contribution in [2.24, 2.45) is 0 Å². The summed E-state index contributed by atoms with van der Waals surface area (Å²) >= 11 is 0. The molecule has 0 aromatic carbocycles. The molecule has 14 heavy (non-hydrogen) atoms. The van der Waals surface area contributed by atoms with E-state index in [-0.39, 0.29) is 37.4 Å². The van der Waals surface area contributed by atoms with Crippen LogP contribution < -0.4 is 5.32 Å². The first-order valence-corrected chi connectivity index (χ1v) is 4.88. The molecule has 1 aliphatic rings. The Morgan fingerprint density at radius 2 is 2.07 bits per heavy atom. The minimum atomic E-state index is -0.130. The van der Waals surface area contributed by atoms with Crippen LogP contribution in [0, 0.1) is 6.42 Å². The summed E-state index contributed by atoms with van der Waals surface area (Å²) in [4.78, 5) is 13.5. The van der Waals surface area contributed by atoms with Crippen LogP contribution in [-0.4, -0.2) is 29.6 Å². The number of hydrogen-bond acceptors (Lipinski definition) is 1. The Kier molecular flexibility index (Phi) is 5.94. The molecule has 4 heteroatoms. The number of amides is 2. The van der Waals surface area contributed by atoms with Gasteiger partial charge in [-0.2, -0.15) is 6.42 Å². The first-order valence-electron chi connectivity index (χ1n) is 4.88. The number of urea groups is 1. The molecule has 79 valence electrons. The van der Waals surface area contributed by atoms with E-state index >= 15 is 0 Å². The van der Waals surface area contributed by atoms with Crippen molar-refractivity contribution in [3.05, 3.63) is 6.42 Å². The Labute approximate surface area is 105 Å². The average molecular weight is 228 g/mol. The molecule has 2 amide bonds. The van der Waals surface area contributed by atoms with Gasteiger partial charge in [-0.25, -0.2) is 4.79 Å². The quantitative estimate of drug-likeness (QED) is 0.630. The van der Waals surface area contributed by atoms with Crippen molar-refractivity contribution < 1.29 is 30.6 Å². The molecular formula is C10H19N2OSc-. The predicted molar refractivity (Wildman–Crippen MR) is 53.4 cm³/mol. The number of nitrogens with one attached hydrogen (secondary N) is 1. The minimum absolute atomic E-state index is 0. The summed E-state index contributed by atoms with van der Waals surface area (Å²) in [6.07, 6.45) is 4.39. The molecule has 0 aromatic rings. The smallest absolute Gasteiger partial charge is 0.315 e. The number of nitrogens with zero attached hydrogens (tertiary/aromatic N) is 1. The third kappa shape index (κ3) is 5.13. The van der Waals surface area contributed by atoms with Crippen LogP contribution in [0.15, 0.2) is 0 Å². The first-order chi connectivity index (χ1) is 5.99. The van der Waals surface area contributed by atoms with Gasteiger partial charge in [0, 0.05) is 37.9 Å². The summed E-state index contributed by atoms with van der Waals surface area (Å²) in [5.41, 5.74) is -0.130. The number of hydrogen-bond donors (Lipinski definition) is 1. The SMILES string of the molecule is CC(C)(C)NC(=O)N1C[CH-]CCC1.[Sc]. The fourth-order valence-corrected chi connectivity index (χ4v) is 1.35. The van der Waals surface area contributed by atoms with Gasteiger partial charge in [0.1, 0.15) is 0 Å². The number of likely N-dealkylation sites (tertiary alicyclic amines) is 1.